The van der Waals surface area contributed by atoms with Gasteiger partial charge in [0, 0.05) is 5.56 Å². The van der Waals surface area contributed by atoms with Crippen molar-refractivity contribution in [3.8, 4) is 17.1 Å². The van der Waals surface area contributed by atoms with Gasteiger partial charge in [0.25, 0.3) is 0 Å². The minimum absolute atomic E-state index is 0.0614. The van der Waals surface area contributed by atoms with E-state index >= 15 is 0 Å². The van der Waals surface area contributed by atoms with Gasteiger partial charge in [0.1, 0.15) is 12.4 Å². The van der Waals surface area contributed by atoms with E-state index in [-0.39, 0.29) is 12.4 Å². The van der Waals surface area contributed by atoms with Gasteiger partial charge in [0.2, 0.25) is 0 Å². The standard InChI is InChI=1S/C20H14F2N2O/c21-15-7-4-8-16(22)19(15)25-12-13-5-3-6-14(11-13)20-23-17-9-1-2-10-18(17)24-20/h1-11H,12H2,(H,23,24). The molecule has 0 saturated carbocycles. The maximum atomic E-state index is 13.6. The summed E-state index contributed by atoms with van der Waals surface area (Å²) in [5.74, 6) is -1.06. The summed E-state index contributed by atoms with van der Waals surface area (Å²) in [6.45, 7) is 0.0614. The van der Waals surface area contributed by atoms with Gasteiger partial charge >= 0.3 is 0 Å². The monoisotopic (exact) mass is 336 g/mol. The summed E-state index contributed by atoms with van der Waals surface area (Å²) in [5, 5.41) is 0. The lowest BCUT2D eigenvalue weighted by Gasteiger charge is -2.09. The van der Waals surface area contributed by atoms with Crippen LogP contribution in [0.15, 0.2) is 66.7 Å². The molecule has 0 aliphatic heterocycles. The van der Waals surface area contributed by atoms with Crippen LogP contribution in [0.2, 0.25) is 0 Å². The molecule has 0 radical (unpaired) electrons. The maximum absolute atomic E-state index is 13.6. The smallest absolute Gasteiger partial charge is 0.191 e. The maximum Gasteiger partial charge on any atom is 0.191 e. The number of halogens is 2. The summed E-state index contributed by atoms with van der Waals surface area (Å²) >= 11 is 0. The fraction of sp³-hybridized carbons (Fsp3) is 0.0500. The fourth-order valence-corrected chi connectivity index (χ4v) is 2.67. The number of aromatic nitrogens is 2. The van der Waals surface area contributed by atoms with Crippen molar-refractivity contribution < 1.29 is 13.5 Å². The first-order valence-corrected chi connectivity index (χ1v) is 7.81. The Bertz CT molecular complexity index is 989. The average molecular weight is 336 g/mol. The molecule has 1 N–H and O–H groups in total. The molecule has 4 aromatic rings. The molecule has 1 heterocycles. The Morgan fingerprint density at radius 3 is 2.44 bits per heavy atom. The summed E-state index contributed by atoms with van der Waals surface area (Å²) in [6.07, 6.45) is 0. The zero-order valence-electron chi connectivity index (χ0n) is 13.2. The second-order valence-electron chi connectivity index (χ2n) is 5.64. The van der Waals surface area contributed by atoms with Crippen LogP contribution in [0.4, 0.5) is 8.78 Å². The number of aromatic amines is 1. The van der Waals surface area contributed by atoms with Crippen molar-refractivity contribution in [2.24, 2.45) is 0 Å². The summed E-state index contributed by atoms with van der Waals surface area (Å²) in [5.41, 5.74) is 3.51. The molecule has 1 aromatic heterocycles. The van der Waals surface area contributed by atoms with Crippen molar-refractivity contribution in [3.63, 3.8) is 0 Å². The summed E-state index contributed by atoms with van der Waals surface area (Å²) in [6, 6.07) is 18.9. The van der Waals surface area contributed by atoms with Crippen LogP contribution in [0.1, 0.15) is 5.56 Å². The van der Waals surface area contributed by atoms with Crippen LogP contribution in [-0.4, -0.2) is 9.97 Å². The van der Waals surface area contributed by atoms with Crippen molar-refractivity contribution >= 4 is 11.0 Å². The number of nitrogens with zero attached hydrogens (tertiary/aromatic N) is 1. The molecule has 0 atom stereocenters. The SMILES string of the molecule is Fc1cccc(F)c1OCc1cccc(-c2nc3ccccc3[nH]2)c1. The van der Waals surface area contributed by atoms with Crippen LogP contribution < -0.4 is 4.74 Å². The zero-order chi connectivity index (χ0) is 17.2. The number of rotatable bonds is 4. The Hall–Kier alpha value is -3.21. The van der Waals surface area contributed by atoms with E-state index in [2.05, 4.69) is 9.97 Å². The molecule has 0 bridgehead atoms. The van der Waals surface area contributed by atoms with Gasteiger partial charge in [-0.05, 0) is 35.9 Å². The number of H-pyrrole nitrogens is 1. The predicted octanol–water partition coefficient (Wildman–Crippen LogP) is 5.09. The molecule has 0 unspecified atom stereocenters. The third kappa shape index (κ3) is 3.08. The molecule has 124 valence electrons. The molecule has 4 rings (SSSR count). The molecule has 0 fully saturated rings. The molecule has 0 amide bonds. The molecule has 5 heteroatoms. The number of hydrogen-bond acceptors (Lipinski definition) is 2. The van der Waals surface area contributed by atoms with Gasteiger partial charge in [-0.25, -0.2) is 13.8 Å². The minimum atomic E-state index is -0.714. The van der Waals surface area contributed by atoms with Crippen molar-refractivity contribution in [2.75, 3.05) is 0 Å². The van der Waals surface area contributed by atoms with Crippen LogP contribution in [0.3, 0.4) is 0 Å². The van der Waals surface area contributed by atoms with E-state index in [1.54, 1.807) is 0 Å². The highest BCUT2D eigenvalue weighted by Crippen LogP contribution is 2.24. The van der Waals surface area contributed by atoms with E-state index < -0.39 is 11.6 Å². The third-order valence-electron chi connectivity index (χ3n) is 3.89. The zero-order valence-corrected chi connectivity index (χ0v) is 13.2. The molecule has 3 aromatic carbocycles. The van der Waals surface area contributed by atoms with Gasteiger partial charge in [-0.15, -0.1) is 0 Å². The number of benzene rings is 3. The van der Waals surface area contributed by atoms with Gasteiger partial charge in [0.05, 0.1) is 11.0 Å². The molecule has 0 aliphatic rings. The Balaban J connectivity index is 1.59. The van der Waals surface area contributed by atoms with Crippen LogP contribution in [0.5, 0.6) is 5.75 Å². The van der Waals surface area contributed by atoms with Gasteiger partial charge < -0.3 is 9.72 Å². The Morgan fingerprint density at radius 1 is 0.880 bits per heavy atom. The highest BCUT2D eigenvalue weighted by atomic mass is 19.1. The normalized spacial score (nSPS) is 11.0. The number of nitrogens with one attached hydrogen (secondary N) is 1. The Labute approximate surface area is 142 Å². The second kappa shape index (κ2) is 6.36. The van der Waals surface area contributed by atoms with Crippen molar-refractivity contribution in [2.45, 2.75) is 6.61 Å². The average Bonchev–Trinajstić information content (AvgIpc) is 3.06. The number of para-hydroxylation sites is 3. The van der Waals surface area contributed by atoms with Crippen molar-refractivity contribution in [3.05, 3.63) is 83.9 Å². The summed E-state index contributed by atoms with van der Waals surface area (Å²) < 4.78 is 32.6. The first-order valence-electron chi connectivity index (χ1n) is 7.81. The number of fused-ring (bicyclic) bond motifs is 1. The first kappa shape index (κ1) is 15.3. The predicted molar refractivity (Wildman–Crippen MR) is 92.2 cm³/mol. The van der Waals surface area contributed by atoms with E-state index in [0.29, 0.717) is 0 Å². The number of ether oxygens (including phenoxy) is 1. The number of hydrogen-bond donors (Lipinski definition) is 1. The van der Waals surface area contributed by atoms with Crippen LogP contribution in [-0.2, 0) is 6.61 Å². The molecule has 3 nitrogen and oxygen atoms in total. The molecular formula is C20H14F2N2O. The lowest BCUT2D eigenvalue weighted by Crippen LogP contribution is -2.00. The molecule has 25 heavy (non-hydrogen) atoms. The molecule has 0 saturated heterocycles. The summed E-state index contributed by atoms with van der Waals surface area (Å²) in [4.78, 5) is 7.81. The number of imidazole rings is 1. The van der Waals surface area contributed by atoms with Gasteiger partial charge in [-0.3, -0.25) is 0 Å². The topological polar surface area (TPSA) is 37.9 Å². The quantitative estimate of drug-likeness (QED) is 0.564. The van der Waals surface area contributed by atoms with Gasteiger partial charge in [-0.2, -0.15) is 0 Å². The van der Waals surface area contributed by atoms with Crippen molar-refractivity contribution in [1.82, 2.24) is 9.97 Å². The van der Waals surface area contributed by atoms with Crippen LogP contribution in [0.25, 0.3) is 22.4 Å². The largest absolute Gasteiger partial charge is 0.483 e. The second-order valence-corrected chi connectivity index (χ2v) is 5.64. The lowest BCUT2D eigenvalue weighted by molar-refractivity contribution is 0.274. The van der Waals surface area contributed by atoms with E-state index in [1.807, 2.05) is 48.5 Å². The molecule has 0 spiro atoms. The third-order valence-corrected chi connectivity index (χ3v) is 3.89. The van der Waals surface area contributed by atoms with Gasteiger partial charge in [-0.1, -0.05) is 36.4 Å². The summed E-state index contributed by atoms with van der Waals surface area (Å²) in [7, 11) is 0. The van der Waals surface area contributed by atoms with Crippen LogP contribution in [0, 0.1) is 11.6 Å². The highest BCUT2D eigenvalue weighted by molar-refractivity contribution is 5.79. The molecular weight excluding hydrogens is 322 g/mol. The fourth-order valence-electron chi connectivity index (χ4n) is 2.67. The Kier molecular flexibility index (Phi) is 3.90. The lowest BCUT2D eigenvalue weighted by atomic mass is 10.1. The van der Waals surface area contributed by atoms with E-state index in [0.717, 1.165) is 28.0 Å². The first-order chi connectivity index (χ1) is 12.2. The van der Waals surface area contributed by atoms with E-state index in [1.165, 1.54) is 18.2 Å². The Morgan fingerprint density at radius 2 is 1.64 bits per heavy atom. The van der Waals surface area contributed by atoms with Crippen molar-refractivity contribution in [1.29, 1.82) is 0 Å². The van der Waals surface area contributed by atoms with E-state index in [4.69, 9.17) is 4.74 Å². The highest BCUT2D eigenvalue weighted by Gasteiger charge is 2.10. The van der Waals surface area contributed by atoms with E-state index in [9.17, 15) is 8.78 Å². The van der Waals surface area contributed by atoms with Gasteiger partial charge in [0.15, 0.2) is 17.4 Å². The molecule has 0 aliphatic carbocycles. The minimum Gasteiger partial charge on any atom is -0.483 e. The van der Waals surface area contributed by atoms with Crippen LogP contribution >= 0.6 is 0 Å².